The highest BCUT2D eigenvalue weighted by Gasteiger charge is 2.43. The number of benzene rings is 1. The predicted octanol–water partition coefficient (Wildman–Crippen LogP) is 6.17. The largest absolute Gasteiger partial charge is 0.376 e. The average molecular weight is 984 g/mol. The zero-order valence-corrected chi connectivity index (χ0v) is 39.5. The molecule has 5 aromatic rings. The summed E-state index contributed by atoms with van der Waals surface area (Å²) in [5.41, 5.74) is 2.18. The summed E-state index contributed by atoms with van der Waals surface area (Å²) in [4.78, 5) is 47.3. The van der Waals surface area contributed by atoms with Crippen molar-refractivity contribution >= 4 is 58.4 Å². The number of likely N-dealkylation sites (tertiary alicyclic amines) is 1. The number of halogens is 3. The predicted molar refractivity (Wildman–Crippen MR) is 254 cm³/mol. The molecule has 17 nitrogen and oxygen atoms in total. The van der Waals surface area contributed by atoms with Crippen molar-refractivity contribution in [3.8, 4) is 11.8 Å². The van der Waals surface area contributed by atoms with Gasteiger partial charge in [-0.25, -0.2) is 22.7 Å². The van der Waals surface area contributed by atoms with Crippen molar-refractivity contribution in [3.63, 3.8) is 0 Å². The maximum absolute atomic E-state index is 16.1. The fourth-order valence-electron chi connectivity index (χ4n) is 10.7. The van der Waals surface area contributed by atoms with Gasteiger partial charge in [-0.2, -0.15) is 15.3 Å². The topological polar surface area (TPSA) is 175 Å². The molecule has 370 valence electrons. The first-order valence-corrected chi connectivity index (χ1v) is 25.0. The standard InChI is InChI=1S/C49H56F3N11O6S/c50-45(51)43-38(54-48(66)37-23-53-61-21-17-40(55-46(37)61)60-19-14-33(15-20-60)69-34-26-67-27-34)25-62(57-43)31-8-6-29(7-9-31)24-59-18-16-39(49(52,70)28-59)68-22-2-4-30-3-1-5-35-42(36-12-13-41(64)56-47(36)65)58-63(44(30)35)32-10-11-32/h1,3,5,17,21,23,25,29,31-34,36,39,45,70H,6-16,18-20,22,24,26-28H2,(H,54,66)(H,56,64,65)/t29-,31-,36?,39-,49+/m1/s1. The van der Waals surface area contributed by atoms with Crippen molar-refractivity contribution in [1.82, 2.24) is 44.4 Å². The first-order valence-electron chi connectivity index (χ1n) is 24.5. The minimum Gasteiger partial charge on any atom is -0.376 e. The van der Waals surface area contributed by atoms with Crippen LogP contribution in [-0.2, 0) is 23.8 Å². The lowest BCUT2D eigenvalue weighted by Crippen LogP contribution is -2.53. The second-order valence-corrected chi connectivity index (χ2v) is 20.4. The van der Waals surface area contributed by atoms with E-state index in [9.17, 15) is 23.2 Å². The Morgan fingerprint density at radius 3 is 2.51 bits per heavy atom. The summed E-state index contributed by atoms with van der Waals surface area (Å²) in [6.45, 7) is 4.16. The molecule has 4 aliphatic heterocycles. The number of thiol groups is 1. The van der Waals surface area contributed by atoms with Gasteiger partial charge in [-0.05, 0) is 82.3 Å². The fraction of sp³-hybridized carbons (Fsp3) is 0.571. The number of alkyl halides is 3. The van der Waals surface area contributed by atoms with E-state index in [1.807, 2.05) is 28.9 Å². The number of piperidine rings is 3. The third-order valence-electron chi connectivity index (χ3n) is 14.7. The van der Waals surface area contributed by atoms with Crippen LogP contribution in [0.5, 0.6) is 0 Å². The van der Waals surface area contributed by atoms with E-state index in [0.29, 0.717) is 69.1 Å². The number of para-hydroxylation sites is 1. The molecule has 2 saturated carbocycles. The number of rotatable bonds is 13. The molecule has 6 fully saturated rings. The van der Waals surface area contributed by atoms with Gasteiger partial charge in [0.25, 0.3) is 12.3 Å². The zero-order valence-electron chi connectivity index (χ0n) is 38.7. The van der Waals surface area contributed by atoms with E-state index in [-0.39, 0.29) is 72.8 Å². The average Bonchev–Trinajstić information content (AvgIpc) is 3.75. The third kappa shape index (κ3) is 9.77. The molecule has 1 aromatic carbocycles. The van der Waals surface area contributed by atoms with Gasteiger partial charge >= 0.3 is 0 Å². The SMILES string of the molecule is O=C1CCC(c2nn(C3CC3)c3c(C#CCO[C@@H]4CCN(C[C@H]5CC[C@H](n6cc(NC(=O)c7cnn8ccc(N9CCC(OC%10COC%10)CC9)nc78)c(C(F)F)n6)CC5)C[C@]4(F)S)cccc23)C(=O)N1. The Hall–Kier alpha value is -5.53. The molecule has 2 N–H and O–H groups in total. The molecule has 70 heavy (non-hydrogen) atoms. The number of hydrogen-bond donors (Lipinski definition) is 3. The Balaban J connectivity index is 0.668. The number of ether oxygens (including phenoxy) is 3. The smallest absolute Gasteiger partial charge is 0.284 e. The van der Waals surface area contributed by atoms with E-state index in [2.05, 4.69) is 55.1 Å². The van der Waals surface area contributed by atoms with Gasteiger partial charge < -0.3 is 24.4 Å². The lowest BCUT2D eigenvalue weighted by Gasteiger charge is -2.42. The molecular formula is C49H56F3N11O6S. The van der Waals surface area contributed by atoms with E-state index in [1.54, 1.807) is 10.9 Å². The number of anilines is 2. The van der Waals surface area contributed by atoms with Gasteiger partial charge in [0.1, 0.15) is 30.2 Å². The summed E-state index contributed by atoms with van der Waals surface area (Å²) < 4.78 is 67.3. The number of aromatic nitrogens is 7. The van der Waals surface area contributed by atoms with Crippen LogP contribution in [0.2, 0.25) is 0 Å². The summed E-state index contributed by atoms with van der Waals surface area (Å²) >= 11 is 4.45. The quantitative estimate of drug-likeness (QED) is 0.0696. The lowest BCUT2D eigenvalue weighted by atomic mass is 9.85. The first-order chi connectivity index (χ1) is 33.9. The second-order valence-electron chi connectivity index (χ2n) is 19.6. The number of fused-ring (bicyclic) bond motifs is 2. The minimum absolute atomic E-state index is 0.00725. The number of carbonyl (C=O) groups excluding carboxylic acids is 3. The zero-order chi connectivity index (χ0) is 48.1. The normalized spacial score (nSPS) is 26.1. The van der Waals surface area contributed by atoms with Crippen molar-refractivity contribution in [1.29, 1.82) is 0 Å². The Morgan fingerprint density at radius 1 is 0.986 bits per heavy atom. The van der Waals surface area contributed by atoms with Crippen LogP contribution in [0.4, 0.5) is 24.7 Å². The highest BCUT2D eigenvalue weighted by molar-refractivity contribution is 7.81. The monoisotopic (exact) mass is 983 g/mol. The highest BCUT2D eigenvalue weighted by Crippen LogP contribution is 2.41. The number of hydrogen-bond acceptors (Lipinski definition) is 13. The summed E-state index contributed by atoms with van der Waals surface area (Å²) in [6, 6.07) is 7.67. The molecule has 2 aliphatic carbocycles. The van der Waals surface area contributed by atoms with Gasteiger partial charge in [0.15, 0.2) is 16.3 Å². The number of carbonyl (C=O) groups is 3. The minimum atomic E-state index is -2.91. The van der Waals surface area contributed by atoms with E-state index in [0.717, 1.165) is 68.1 Å². The van der Waals surface area contributed by atoms with Crippen LogP contribution in [-0.4, -0.2) is 133 Å². The summed E-state index contributed by atoms with van der Waals surface area (Å²) in [5.74, 6) is 5.54. The maximum Gasteiger partial charge on any atom is 0.284 e. The van der Waals surface area contributed by atoms with Gasteiger partial charge in [0.2, 0.25) is 11.8 Å². The number of nitrogens with zero attached hydrogens (tertiary/aromatic N) is 9. The van der Waals surface area contributed by atoms with Crippen molar-refractivity contribution in [2.75, 3.05) is 62.8 Å². The van der Waals surface area contributed by atoms with Crippen molar-refractivity contribution in [3.05, 3.63) is 65.4 Å². The molecular weight excluding hydrogens is 928 g/mol. The summed E-state index contributed by atoms with van der Waals surface area (Å²) in [6.07, 6.45) is 9.02. The van der Waals surface area contributed by atoms with Crippen LogP contribution in [0.25, 0.3) is 16.6 Å². The van der Waals surface area contributed by atoms with Crippen LogP contribution >= 0.6 is 12.6 Å². The van der Waals surface area contributed by atoms with Gasteiger partial charge in [-0.1, -0.05) is 24.0 Å². The van der Waals surface area contributed by atoms with Gasteiger partial charge in [0.05, 0.1) is 66.0 Å². The van der Waals surface area contributed by atoms with Crippen LogP contribution in [0.1, 0.15) is 122 Å². The van der Waals surface area contributed by atoms with E-state index < -0.39 is 35.0 Å². The van der Waals surface area contributed by atoms with E-state index >= 15 is 4.39 Å². The molecule has 3 atom stereocenters. The van der Waals surface area contributed by atoms with E-state index in [4.69, 9.17) is 24.3 Å². The Bertz CT molecular complexity index is 2840. The number of imide groups is 1. The second kappa shape index (κ2) is 19.6. The maximum atomic E-state index is 16.1. The van der Waals surface area contributed by atoms with Gasteiger partial charge in [-0.15, -0.1) is 12.6 Å². The van der Waals surface area contributed by atoms with Gasteiger partial charge in [-0.3, -0.25) is 34.0 Å². The van der Waals surface area contributed by atoms with Crippen molar-refractivity contribution in [2.45, 2.75) is 118 Å². The van der Waals surface area contributed by atoms with E-state index in [1.165, 1.54) is 16.9 Å². The van der Waals surface area contributed by atoms with Crippen LogP contribution in [0, 0.1) is 17.8 Å². The van der Waals surface area contributed by atoms with Gasteiger partial charge in [0, 0.05) is 56.9 Å². The summed E-state index contributed by atoms with van der Waals surface area (Å²) in [5, 5.41) is 17.5. The molecule has 11 rings (SSSR count). The molecule has 3 amide bonds. The first kappa shape index (κ1) is 46.8. The summed E-state index contributed by atoms with van der Waals surface area (Å²) in [7, 11) is 0. The molecule has 6 aliphatic rings. The van der Waals surface area contributed by atoms with Crippen LogP contribution in [0.15, 0.2) is 42.9 Å². The molecule has 1 unspecified atom stereocenters. The van der Waals surface area contributed by atoms with Crippen LogP contribution < -0.4 is 15.5 Å². The molecule has 0 radical (unpaired) electrons. The fourth-order valence-corrected chi connectivity index (χ4v) is 11.2. The Labute approximate surface area is 407 Å². The number of amides is 3. The molecule has 4 saturated heterocycles. The third-order valence-corrected chi connectivity index (χ3v) is 15.2. The van der Waals surface area contributed by atoms with Crippen molar-refractivity contribution < 1.29 is 41.8 Å². The van der Waals surface area contributed by atoms with Crippen LogP contribution in [0.3, 0.4) is 0 Å². The molecule has 8 heterocycles. The molecule has 0 bridgehead atoms. The highest BCUT2D eigenvalue weighted by atomic mass is 32.1. The Morgan fingerprint density at radius 2 is 1.79 bits per heavy atom. The molecule has 4 aromatic heterocycles. The Kier molecular flexibility index (Phi) is 13.1. The number of nitrogens with one attached hydrogen (secondary N) is 2. The molecule has 0 spiro atoms. The van der Waals surface area contributed by atoms with Crippen molar-refractivity contribution in [2.24, 2.45) is 5.92 Å². The lowest BCUT2D eigenvalue weighted by molar-refractivity contribution is -0.157. The molecule has 21 heteroatoms.